The van der Waals surface area contributed by atoms with Crippen LogP contribution in [0.15, 0.2) is 24.3 Å². The number of hydrogen-bond donors (Lipinski definition) is 2. The van der Waals surface area contributed by atoms with E-state index in [0.717, 1.165) is 19.3 Å². The van der Waals surface area contributed by atoms with E-state index < -0.39 is 11.4 Å². The number of Topliss-reactive ketones (excluding diaryl/α,β-unsaturated/α-hetero) is 1. The minimum atomic E-state index is -0.814. The lowest BCUT2D eigenvalue weighted by Crippen LogP contribution is -2.44. The highest BCUT2D eigenvalue weighted by molar-refractivity contribution is 5.94. The Morgan fingerprint density at radius 1 is 1.19 bits per heavy atom. The molecule has 6 heteroatoms. The van der Waals surface area contributed by atoms with Crippen LogP contribution in [0.3, 0.4) is 0 Å². The molecule has 0 bridgehead atoms. The van der Waals surface area contributed by atoms with E-state index >= 15 is 0 Å². The van der Waals surface area contributed by atoms with Gasteiger partial charge < -0.3 is 15.2 Å². The predicted molar refractivity (Wildman–Crippen MR) is 97.3 cm³/mol. The Hall–Kier alpha value is -2.37. The molecule has 2 rings (SSSR count). The molecule has 2 N–H and O–H groups in total. The first-order chi connectivity index (χ1) is 12.4. The zero-order valence-electron chi connectivity index (χ0n) is 15.3. The van der Waals surface area contributed by atoms with Crippen molar-refractivity contribution in [3.63, 3.8) is 0 Å². The Labute approximate surface area is 153 Å². The van der Waals surface area contributed by atoms with Gasteiger partial charge in [0.25, 0.3) is 0 Å². The Morgan fingerprint density at radius 2 is 1.92 bits per heavy atom. The second-order valence-corrected chi connectivity index (χ2v) is 6.96. The second-order valence-electron chi connectivity index (χ2n) is 6.96. The summed E-state index contributed by atoms with van der Waals surface area (Å²) in [6, 6.07) is 6.94. The summed E-state index contributed by atoms with van der Waals surface area (Å²) in [5.41, 5.74) is -0.218. The fraction of sp³-hybridized carbons (Fsp3) is 0.550. The number of carbonyl (C=O) groups excluding carboxylic acids is 2. The van der Waals surface area contributed by atoms with Crippen LogP contribution in [-0.2, 0) is 9.59 Å². The third kappa shape index (κ3) is 5.58. The number of carbonyl (C=O) groups is 3. The highest BCUT2D eigenvalue weighted by Gasteiger charge is 2.39. The van der Waals surface area contributed by atoms with Gasteiger partial charge in [0.05, 0.1) is 12.0 Å². The first kappa shape index (κ1) is 19.9. The summed E-state index contributed by atoms with van der Waals surface area (Å²) in [7, 11) is 0. The van der Waals surface area contributed by atoms with Crippen LogP contribution in [0.4, 0.5) is 0 Å². The van der Waals surface area contributed by atoms with Crippen LogP contribution in [0, 0.1) is 5.41 Å². The van der Waals surface area contributed by atoms with E-state index in [2.05, 4.69) is 5.32 Å². The number of benzene rings is 1. The summed E-state index contributed by atoms with van der Waals surface area (Å²) < 4.78 is 5.57. The highest BCUT2D eigenvalue weighted by Crippen LogP contribution is 2.36. The van der Waals surface area contributed by atoms with Gasteiger partial charge >= 0.3 is 5.97 Å². The smallest absolute Gasteiger partial charge is 0.311 e. The number of aliphatic carboxylic acids is 1. The third-order valence-electron chi connectivity index (χ3n) is 4.95. The molecule has 1 amide bonds. The summed E-state index contributed by atoms with van der Waals surface area (Å²) in [5.74, 6) is -0.390. The van der Waals surface area contributed by atoms with E-state index in [-0.39, 0.29) is 24.7 Å². The van der Waals surface area contributed by atoms with Crippen LogP contribution in [0.1, 0.15) is 62.2 Å². The van der Waals surface area contributed by atoms with Gasteiger partial charge in [-0.25, -0.2) is 0 Å². The normalized spacial score (nSPS) is 15.9. The van der Waals surface area contributed by atoms with Crippen molar-refractivity contribution in [2.24, 2.45) is 5.41 Å². The van der Waals surface area contributed by atoms with Crippen molar-refractivity contribution in [1.82, 2.24) is 5.32 Å². The van der Waals surface area contributed by atoms with E-state index in [9.17, 15) is 19.5 Å². The molecule has 1 aromatic rings. The van der Waals surface area contributed by atoms with Gasteiger partial charge in [-0.05, 0) is 38.3 Å². The van der Waals surface area contributed by atoms with Gasteiger partial charge in [-0.3, -0.25) is 14.4 Å². The van der Waals surface area contributed by atoms with Crippen LogP contribution >= 0.6 is 0 Å². The Balaban J connectivity index is 1.71. The highest BCUT2D eigenvalue weighted by atomic mass is 16.5. The van der Waals surface area contributed by atoms with E-state index in [1.165, 1.54) is 6.92 Å². The van der Waals surface area contributed by atoms with Crippen molar-refractivity contribution < 1.29 is 24.2 Å². The molecule has 0 saturated heterocycles. The monoisotopic (exact) mass is 361 g/mol. The number of ketones is 1. The number of carboxylic acids is 1. The summed E-state index contributed by atoms with van der Waals surface area (Å²) in [6.07, 6.45) is 4.91. The Morgan fingerprint density at radius 3 is 2.58 bits per heavy atom. The lowest BCUT2D eigenvalue weighted by Gasteiger charge is -2.33. The van der Waals surface area contributed by atoms with E-state index in [1.807, 2.05) is 0 Å². The number of amides is 1. The molecule has 0 aromatic heterocycles. The number of rotatable bonds is 9. The zero-order chi connectivity index (χ0) is 19.0. The second kappa shape index (κ2) is 9.36. The molecule has 0 atom stereocenters. The SMILES string of the molecule is CC(=O)c1cccc(OCCCC(=O)NCC2(C(=O)O)CCCCC2)c1. The maximum atomic E-state index is 12.0. The minimum absolute atomic E-state index is 0.0232. The Bertz CT molecular complexity index is 649. The summed E-state index contributed by atoms with van der Waals surface area (Å²) in [4.78, 5) is 34.9. The number of ether oxygens (including phenoxy) is 1. The van der Waals surface area contributed by atoms with Gasteiger partial charge in [-0.2, -0.15) is 0 Å². The Kier molecular flexibility index (Phi) is 7.18. The first-order valence-electron chi connectivity index (χ1n) is 9.17. The number of nitrogens with one attached hydrogen (secondary N) is 1. The van der Waals surface area contributed by atoms with Crippen molar-refractivity contribution >= 4 is 17.7 Å². The van der Waals surface area contributed by atoms with Gasteiger partial charge in [0.1, 0.15) is 5.75 Å². The van der Waals surface area contributed by atoms with E-state index in [1.54, 1.807) is 24.3 Å². The molecule has 0 heterocycles. The average molecular weight is 361 g/mol. The number of hydrogen-bond acceptors (Lipinski definition) is 4. The van der Waals surface area contributed by atoms with Crippen LogP contribution in [0.2, 0.25) is 0 Å². The van der Waals surface area contributed by atoms with Gasteiger partial charge in [0.15, 0.2) is 5.78 Å². The summed E-state index contributed by atoms with van der Waals surface area (Å²) in [6.45, 7) is 2.06. The fourth-order valence-corrected chi connectivity index (χ4v) is 3.28. The quantitative estimate of drug-likeness (QED) is 0.520. The molecule has 26 heavy (non-hydrogen) atoms. The molecule has 6 nitrogen and oxygen atoms in total. The maximum absolute atomic E-state index is 12.0. The molecule has 1 aliphatic carbocycles. The largest absolute Gasteiger partial charge is 0.494 e. The van der Waals surface area contributed by atoms with Crippen molar-refractivity contribution in [1.29, 1.82) is 0 Å². The maximum Gasteiger partial charge on any atom is 0.311 e. The van der Waals surface area contributed by atoms with Crippen LogP contribution in [-0.4, -0.2) is 35.9 Å². The van der Waals surface area contributed by atoms with E-state index in [0.29, 0.717) is 37.2 Å². The molecule has 142 valence electrons. The summed E-state index contributed by atoms with van der Waals surface area (Å²) >= 11 is 0. The topological polar surface area (TPSA) is 92.7 Å². The molecule has 0 aliphatic heterocycles. The summed E-state index contributed by atoms with van der Waals surface area (Å²) in [5, 5.41) is 12.3. The number of carboxylic acid groups (broad SMARTS) is 1. The lowest BCUT2D eigenvalue weighted by molar-refractivity contribution is -0.151. The van der Waals surface area contributed by atoms with Crippen molar-refractivity contribution in [2.75, 3.05) is 13.2 Å². The average Bonchev–Trinajstić information content (AvgIpc) is 2.64. The van der Waals surface area contributed by atoms with Crippen molar-refractivity contribution in [3.05, 3.63) is 29.8 Å². The molecule has 0 radical (unpaired) electrons. The minimum Gasteiger partial charge on any atom is -0.494 e. The fourth-order valence-electron chi connectivity index (χ4n) is 3.28. The van der Waals surface area contributed by atoms with Crippen molar-refractivity contribution in [2.45, 2.75) is 51.9 Å². The van der Waals surface area contributed by atoms with Gasteiger partial charge in [-0.1, -0.05) is 31.4 Å². The first-order valence-corrected chi connectivity index (χ1v) is 9.17. The van der Waals surface area contributed by atoms with Crippen molar-refractivity contribution in [3.8, 4) is 5.75 Å². The molecular formula is C20H27NO5. The molecular weight excluding hydrogens is 334 g/mol. The lowest BCUT2D eigenvalue weighted by atomic mass is 9.74. The van der Waals surface area contributed by atoms with Gasteiger partial charge in [0.2, 0.25) is 5.91 Å². The predicted octanol–water partition coefficient (Wildman–Crippen LogP) is 3.20. The standard InChI is InChI=1S/C20H27NO5/c1-15(22)16-7-5-8-17(13-16)26-12-6-9-18(23)21-14-20(19(24)25)10-3-2-4-11-20/h5,7-8,13H,2-4,6,9-12,14H2,1H3,(H,21,23)(H,24,25). The van der Waals surface area contributed by atoms with Gasteiger partial charge in [-0.15, -0.1) is 0 Å². The van der Waals surface area contributed by atoms with Crippen LogP contribution in [0.5, 0.6) is 5.75 Å². The van der Waals surface area contributed by atoms with Crippen LogP contribution in [0.25, 0.3) is 0 Å². The van der Waals surface area contributed by atoms with E-state index in [4.69, 9.17) is 4.74 Å². The molecule has 1 aromatic carbocycles. The van der Waals surface area contributed by atoms with Gasteiger partial charge in [0, 0.05) is 18.5 Å². The molecule has 0 spiro atoms. The molecule has 1 aliphatic rings. The molecule has 1 saturated carbocycles. The zero-order valence-corrected chi connectivity index (χ0v) is 15.3. The molecule has 0 unspecified atom stereocenters. The molecule has 1 fully saturated rings. The van der Waals surface area contributed by atoms with Crippen LogP contribution < -0.4 is 10.1 Å². The third-order valence-corrected chi connectivity index (χ3v) is 4.95.